The molecular formula is C14H17F3N2O2. The normalized spacial score (nSPS) is 18.0. The maximum absolute atomic E-state index is 12.8. The van der Waals surface area contributed by atoms with E-state index >= 15 is 0 Å². The summed E-state index contributed by atoms with van der Waals surface area (Å²) in [6, 6.07) is 3.97. The number of anilines is 1. The Morgan fingerprint density at radius 3 is 2.52 bits per heavy atom. The quantitative estimate of drug-likeness (QED) is 0.800. The molecule has 7 heteroatoms. The lowest BCUT2D eigenvalue weighted by Crippen LogP contribution is -2.43. The molecule has 1 aromatic carbocycles. The van der Waals surface area contributed by atoms with Crippen LogP contribution in [0.3, 0.4) is 0 Å². The van der Waals surface area contributed by atoms with Crippen molar-refractivity contribution in [1.82, 2.24) is 5.32 Å². The van der Waals surface area contributed by atoms with Crippen LogP contribution in [0.1, 0.15) is 25.3 Å². The Bertz CT molecular complexity index is 525. The van der Waals surface area contributed by atoms with Gasteiger partial charge in [0.05, 0.1) is 16.9 Å². The van der Waals surface area contributed by atoms with E-state index in [1.807, 2.05) is 0 Å². The molecule has 1 aromatic rings. The number of rotatable bonds is 4. The highest BCUT2D eigenvalue weighted by molar-refractivity contribution is 5.90. The largest absolute Gasteiger partial charge is 0.418 e. The van der Waals surface area contributed by atoms with Gasteiger partial charge in [-0.2, -0.15) is 13.2 Å². The summed E-state index contributed by atoms with van der Waals surface area (Å²) in [5, 5.41) is 14.6. The first-order valence-corrected chi connectivity index (χ1v) is 6.63. The van der Waals surface area contributed by atoms with Gasteiger partial charge in [-0.3, -0.25) is 0 Å². The van der Waals surface area contributed by atoms with E-state index in [1.54, 1.807) is 6.92 Å². The van der Waals surface area contributed by atoms with E-state index in [2.05, 4.69) is 10.6 Å². The summed E-state index contributed by atoms with van der Waals surface area (Å²) in [5.41, 5.74) is -2.25. The number of halogens is 3. The van der Waals surface area contributed by atoms with Crippen molar-refractivity contribution in [3.8, 4) is 0 Å². The zero-order valence-corrected chi connectivity index (χ0v) is 11.5. The summed E-state index contributed by atoms with van der Waals surface area (Å²) in [6.07, 6.45) is -2.75. The van der Waals surface area contributed by atoms with Gasteiger partial charge in [0.1, 0.15) is 0 Å². The summed E-state index contributed by atoms with van der Waals surface area (Å²) in [6.45, 7) is 1.60. The van der Waals surface area contributed by atoms with Crippen LogP contribution < -0.4 is 10.6 Å². The topological polar surface area (TPSA) is 61.4 Å². The number of para-hydroxylation sites is 1. The molecule has 116 valence electrons. The van der Waals surface area contributed by atoms with Crippen molar-refractivity contribution < 1.29 is 23.1 Å². The lowest BCUT2D eigenvalue weighted by atomic mass is 10.0. The number of urea groups is 1. The fourth-order valence-corrected chi connectivity index (χ4v) is 2.11. The minimum atomic E-state index is -4.54. The molecule has 0 aliphatic heterocycles. The van der Waals surface area contributed by atoms with Gasteiger partial charge in [0.2, 0.25) is 0 Å². The predicted molar refractivity (Wildman–Crippen MR) is 71.8 cm³/mol. The van der Waals surface area contributed by atoms with Gasteiger partial charge in [-0.1, -0.05) is 12.1 Å². The first-order valence-electron chi connectivity index (χ1n) is 6.63. The van der Waals surface area contributed by atoms with E-state index in [9.17, 15) is 23.1 Å². The van der Waals surface area contributed by atoms with Gasteiger partial charge in [-0.15, -0.1) is 0 Å². The molecule has 1 fully saturated rings. The zero-order chi connectivity index (χ0) is 15.7. The molecule has 0 heterocycles. The monoisotopic (exact) mass is 302 g/mol. The molecular weight excluding hydrogens is 285 g/mol. The fraction of sp³-hybridized carbons (Fsp3) is 0.500. The standard InChI is InChI=1S/C14H17F3N2O2/c1-13(21,9-6-7-9)8-18-12(20)19-11-5-3-2-4-10(11)14(15,16)17/h2-5,9,21H,6-8H2,1H3,(H2,18,19,20). The van der Waals surface area contributed by atoms with Crippen LogP contribution in [-0.4, -0.2) is 23.3 Å². The third-order valence-corrected chi connectivity index (χ3v) is 3.54. The smallest absolute Gasteiger partial charge is 0.388 e. The second-order valence-electron chi connectivity index (χ2n) is 5.48. The van der Waals surface area contributed by atoms with Gasteiger partial charge in [0.15, 0.2) is 0 Å². The van der Waals surface area contributed by atoms with Crippen molar-refractivity contribution in [2.24, 2.45) is 5.92 Å². The number of hydrogen-bond donors (Lipinski definition) is 3. The Kier molecular flexibility index (Phi) is 4.13. The molecule has 0 radical (unpaired) electrons. The highest BCUT2D eigenvalue weighted by Gasteiger charge is 2.40. The zero-order valence-electron chi connectivity index (χ0n) is 11.5. The summed E-state index contributed by atoms with van der Waals surface area (Å²) in [5.74, 6) is 0.139. The maximum Gasteiger partial charge on any atom is 0.418 e. The van der Waals surface area contributed by atoms with Crippen molar-refractivity contribution >= 4 is 11.7 Å². The fourth-order valence-electron chi connectivity index (χ4n) is 2.11. The van der Waals surface area contributed by atoms with Crippen molar-refractivity contribution in [3.63, 3.8) is 0 Å². The molecule has 1 aliphatic carbocycles. The number of hydrogen-bond acceptors (Lipinski definition) is 2. The molecule has 1 aliphatic rings. The van der Waals surface area contributed by atoms with Gasteiger partial charge < -0.3 is 15.7 Å². The molecule has 1 saturated carbocycles. The molecule has 0 bridgehead atoms. The minimum absolute atomic E-state index is 0.00230. The lowest BCUT2D eigenvalue weighted by molar-refractivity contribution is -0.136. The number of alkyl halides is 3. The summed E-state index contributed by atoms with van der Waals surface area (Å²) >= 11 is 0. The number of benzene rings is 1. The molecule has 4 nitrogen and oxygen atoms in total. The van der Waals surface area contributed by atoms with E-state index in [-0.39, 0.29) is 18.2 Å². The third kappa shape index (κ3) is 4.10. The number of aliphatic hydroxyl groups is 1. The van der Waals surface area contributed by atoms with Gasteiger partial charge >= 0.3 is 12.2 Å². The van der Waals surface area contributed by atoms with E-state index < -0.39 is 23.4 Å². The summed E-state index contributed by atoms with van der Waals surface area (Å²) in [7, 11) is 0. The van der Waals surface area contributed by atoms with Crippen molar-refractivity contribution in [2.45, 2.75) is 31.5 Å². The Hall–Kier alpha value is -1.76. The first-order chi connectivity index (χ1) is 9.70. The molecule has 1 atom stereocenters. The highest BCUT2D eigenvalue weighted by atomic mass is 19.4. The second-order valence-corrected chi connectivity index (χ2v) is 5.48. The van der Waals surface area contributed by atoms with E-state index in [1.165, 1.54) is 18.2 Å². The van der Waals surface area contributed by atoms with Crippen LogP contribution in [0.2, 0.25) is 0 Å². The average Bonchev–Trinajstić information content (AvgIpc) is 3.20. The SMILES string of the molecule is CC(O)(CNC(=O)Nc1ccccc1C(F)(F)F)C1CC1. The Labute approximate surface area is 120 Å². The van der Waals surface area contributed by atoms with Gasteiger partial charge in [0, 0.05) is 6.54 Å². The van der Waals surface area contributed by atoms with Crippen LogP contribution in [0.15, 0.2) is 24.3 Å². The average molecular weight is 302 g/mol. The molecule has 2 rings (SSSR count). The van der Waals surface area contributed by atoms with Gasteiger partial charge in [-0.05, 0) is 37.8 Å². The Morgan fingerprint density at radius 1 is 1.33 bits per heavy atom. The van der Waals surface area contributed by atoms with Crippen LogP contribution in [0.4, 0.5) is 23.7 Å². The van der Waals surface area contributed by atoms with Crippen LogP contribution in [0.5, 0.6) is 0 Å². The van der Waals surface area contributed by atoms with E-state index in [0.717, 1.165) is 18.9 Å². The molecule has 0 saturated heterocycles. The third-order valence-electron chi connectivity index (χ3n) is 3.54. The van der Waals surface area contributed by atoms with Gasteiger partial charge in [0.25, 0.3) is 0 Å². The molecule has 21 heavy (non-hydrogen) atoms. The second kappa shape index (κ2) is 5.55. The first kappa shape index (κ1) is 15.6. The Morgan fingerprint density at radius 2 is 1.95 bits per heavy atom. The van der Waals surface area contributed by atoms with Crippen LogP contribution in [0, 0.1) is 5.92 Å². The van der Waals surface area contributed by atoms with Crippen molar-refractivity contribution in [1.29, 1.82) is 0 Å². The molecule has 0 spiro atoms. The number of amides is 2. The van der Waals surface area contributed by atoms with Crippen LogP contribution in [-0.2, 0) is 6.18 Å². The van der Waals surface area contributed by atoms with Crippen molar-refractivity contribution in [2.75, 3.05) is 11.9 Å². The number of carbonyl (C=O) groups is 1. The maximum atomic E-state index is 12.8. The Balaban J connectivity index is 1.97. The lowest BCUT2D eigenvalue weighted by Gasteiger charge is -2.23. The molecule has 1 unspecified atom stereocenters. The number of nitrogens with one attached hydrogen (secondary N) is 2. The van der Waals surface area contributed by atoms with Crippen LogP contribution in [0.25, 0.3) is 0 Å². The van der Waals surface area contributed by atoms with E-state index in [4.69, 9.17) is 0 Å². The predicted octanol–water partition coefficient (Wildman–Crippen LogP) is 2.99. The van der Waals surface area contributed by atoms with Crippen molar-refractivity contribution in [3.05, 3.63) is 29.8 Å². The molecule has 3 N–H and O–H groups in total. The molecule has 2 amide bonds. The van der Waals surface area contributed by atoms with Gasteiger partial charge in [-0.25, -0.2) is 4.79 Å². The van der Waals surface area contributed by atoms with E-state index in [0.29, 0.717) is 0 Å². The number of carbonyl (C=O) groups excluding carboxylic acids is 1. The summed E-state index contributed by atoms with van der Waals surface area (Å²) in [4.78, 5) is 11.7. The summed E-state index contributed by atoms with van der Waals surface area (Å²) < 4.78 is 38.3. The minimum Gasteiger partial charge on any atom is -0.388 e. The molecule has 0 aromatic heterocycles. The highest BCUT2D eigenvalue weighted by Crippen LogP contribution is 2.39. The van der Waals surface area contributed by atoms with Crippen LogP contribution >= 0.6 is 0 Å².